The molecule has 0 aliphatic carbocycles. The highest BCUT2D eigenvalue weighted by molar-refractivity contribution is 4.78. The number of hydrogen-bond acceptors (Lipinski definition) is 2. The molecule has 1 aromatic rings. The van der Waals surface area contributed by atoms with Gasteiger partial charge in [-0.05, 0) is 19.3 Å². The second kappa shape index (κ2) is 6.40. The van der Waals surface area contributed by atoms with Gasteiger partial charge in [-0.1, -0.05) is 13.0 Å². The zero-order valence-corrected chi connectivity index (χ0v) is 9.69. The van der Waals surface area contributed by atoms with Gasteiger partial charge in [-0.25, -0.2) is 4.98 Å². The van der Waals surface area contributed by atoms with Crippen LogP contribution in [0.4, 0.5) is 0 Å². The van der Waals surface area contributed by atoms with Gasteiger partial charge < -0.3 is 9.88 Å². The van der Waals surface area contributed by atoms with E-state index in [2.05, 4.69) is 35.3 Å². The van der Waals surface area contributed by atoms with Gasteiger partial charge in [-0.2, -0.15) is 0 Å². The number of rotatable bonds is 7. The molecule has 1 N–H and O–H groups in total. The minimum atomic E-state index is 0.534. The SMILES string of the molecule is C=CCC(C)C(C)NCCn1ccnc1. The fourth-order valence-corrected chi connectivity index (χ4v) is 1.51. The molecule has 0 radical (unpaired) electrons. The fourth-order valence-electron chi connectivity index (χ4n) is 1.51. The Balaban J connectivity index is 2.16. The minimum absolute atomic E-state index is 0.534. The van der Waals surface area contributed by atoms with Crippen LogP contribution in [0, 0.1) is 5.92 Å². The van der Waals surface area contributed by atoms with Gasteiger partial charge in [-0.15, -0.1) is 6.58 Å². The molecule has 2 atom stereocenters. The van der Waals surface area contributed by atoms with E-state index < -0.39 is 0 Å². The number of imidazole rings is 1. The van der Waals surface area contributed by atoms with Crippen molar-refractivity contribution in [3.05, 3.63) is 31.4 Å². The van der Waals surface area contributed by atoms with Crippen molar-refractivity contribution in [1.29, 1.82) is 0 Å². The van der Waals surface area contributed by atoms with Crippen LogP contribution in [0.1, 0.15) is 20.3 Å². The molecule has 0 aromatic carbocycles. The quantitative estimate of drug-likeness (QED) is 0.694. The number of nitrogens with one attached hydrogen (secondary N) is 1. The predicted octanol–water partition coefficient (Wildman–Crippen LogP) is 2.07. The summed E-state index contributed by atoms with van der Waals surface area (Å²) < 4.78 is 2.08. The maximum atomic E-state index is 4.01. The topological polar surface area (TPSA) is 29.9 Å². The Morgan fingerprint density at radius 3 is 2.93 bits per heavy atom. The Bertz CT molecular complexity index is 266. The lowest BCUT2D eigenvalue weighted by Gasteiger charge is -2.20. The van der Waals surface area contributed by atoms with Crippen molar-refractivity contribution in [3.8, 4) is 0 Å². The lowest BCUT2D eigenvalue weighted by molar-refractivity contribution is 0.395. The highest BCUT2D eigenvalue weighted by atomic mass is 15.0. The maximum absolute atomic E-state index is 4.01. The highest BCUT2D eigenvalue weighted by Crippen LogP contribution is 2.07. The average molecular weight is 207 g/mol. The van der Waals surface area contributed by atoms with Crippen LogP contribution in [-0.2, 0) is 6.54 Å². The van der Waals surface area contributed by atoms with Crippen molar-refractivity contribution in [3.63, 3.8) is 0 Å². The van der Waals surface area contributed by atoms with Crippen molar-refractivity contribution >= 4 is 0 Å². The monoisotopic (exact) mass is 207 g/mol. The molecular formula is C12H21N3. The van der Waals surface area contributed by atoms with Gasteiger partial charge in [-0.3, -0.25) is 0 Å². The first-order chi connectivity index (χ1) is 7.24. The third kappa shape index (κ3) is 4.30. The normalized spacial score (nSPS) is 14.8. The van der Waals surface area contributed by atoms with Crippen LogP contribution in [0.5, 0.6) is 0 Å². The highest BCUT2D eigenvalue weighted by Gasteiger charge is 2.08. The van der Waals surface area contributed by atoms with Gasteiger partial charge in [0.1, 0.15) is 0 Å². The van der Waals surface area contributed by atoms with Crippen LogP contribution < -0.4 is 5.32 Å². The summed E-state index contributed by atoms with van der Waals surface area (Å²) in [6, 6.07) is 0.534. The van der Waals surface area contributed by atoms with Crippen molar-refractivity contribution < 1.29 is 0 Å². The summed E-state index contributed by atoms with van der Waals surface area (Å²) in [5.74, 6) is 0.644. The van der Waals surface area contributed by atoms with Crippen LogP contribution in [0.25, 0.3) is 0 Å². The minimum Gasteiger partial charge on any atom is -0.336 e. The molecular weight excluding hydrogens is 186 g/mol. The van der Waals surface area contributed by atoms with Crippen LogP contribution in [0.15, 0.2) is 31.4 Å². The van der Waals surface area contributed by atoms with Crippen molar-refractivity contribution in [2.24, 2.45) is 5.92 Å². The Morgan fingerprint density at radius 2 is 2.33 bits per heavy atom. The van der Waals surface area contributed by atoms with E-state index in [9.17, 15) is 0 Å². The summed E-state index contributed by atoms with van der Waals surface area (Å²) in [5.41, 5.74) is 0. The van der Waals surface area contributed by atoms with Crippen molar-refractivity contribution in [1.82, 2.24) is 14.9 Å². The number of nitrogens with zero attached hydrogens (tertiary/aromatic N) is 2. The third-order valence-corrected chi connectivity index (χ3v) is 2.79. The zero-order chi connectivity index (χ0) is 11.1. The molecule has 0 amide bonds. The lowest BCUT2D eigenvalue weighted by Crippen LogP contribution is -2.34. The Morgan fingerprint density at radius 1 is 1.53 bits per heavy atom. The molecule has 0 saturated heterocycles. The molecule has 0 spiro atoms. The molecule has 0 bridgehead atoms. The summed E-state index contributed by atoms with van der Waals surface area (Å²) in [6.45, 7) is 10.2. The first kappa shape index (κ1) is 12.0. The van der Waals surface area contributed by atoms with Crippen LogP contribution in [0.2, 0.25) is 0 Å². The van der Waals surface area contributed by atoms with E-state index in [0.717, 1.165) is 19.5 Å². The number of aromatic nitrogens is 2. The maximum Gasteiger partial charge on any atom is 0.0946 e. The molecule has 0 aliphatic heterocycles. The van der Waals surface area contributed by atoms with Crippen molar-refractivity contribution in [2.75, 3.05) is 6.54 Å². The van der Waals surface area contributed by atoms with Gasteiger partial charge in [0.15, 0.2) is 0 Å². The molecule has 15 heavy (non-hydrogen) atoms. The lowest BCUT2D eigenvalue weighted by atomic mass is 10.00. The van der Waals surface area contributed by atoms with E-state index >= 15 is 0 Å². The summed E-state index contributed by atoms with van der Waals surface area (Å²) in [6.07, 6.45) is 8.70. The fraction of sp³-hybridized carbons (Fsp3) is 0.583. The van der Waals surface area contributed by atoms with E-state index in [0.29, 0.717) is 12.0 Å². The number of allylic oxidation sites excluding steroid dienone is 1. The van der Waals surface area contributed by atoms with Gasteiger partial charge in [0.2, 0.25) is 0 Å². The van der Waals surface area contributed by atoms with E-state index in [1.54, 1.807) is 0 Å². The smallest absolute Gasteiger partial charge is 0.0946 e. The first-order valence-electron chi connectivity index (χ1n) is 5.54. The van der Waals surface area contributed by atoms with Gasteiger partial charge in [0.25, 0.3) is 0 Å². The summed E-state index contributed by atoms with van der Waals surface area (Å²) >= 11 is 0. The molecule has 1 rings (SSSR count). The molecule has 1 aromatic heterocycles. The molecule has 0 aliphatic rings. The molecule has 2 unspecified atom stereocenters. The molecule has 84 valence electrons. The predicted molar refractivity (Wildman–Crippen MR) is 63.7 cm³/mol. The van der Waals surface area contributed by atoms with Gasteiger partial charge >= 0.3 is 0 Å². The van der Waals surface area contributed by atoms with Crippen LogP contribution >= 0.6 is 0 Å². The van der Waals surface area contributed by atoms with Gasteiger partial charge in [0, 0.05) is 31.5 Å². The van der Waals surface area contributed by atoms with E-state index in [-0.39, 0.29) is 0 Å². The second-order valence-electron chi connectivity index (χ2n) is 4.04. The summed E-state index contributed by atoms with van der Waals surface area (Å²) in [5, 5.41) is 3.51. The summed E-state index contributed by atoms with van der Waals surface area (Å²) in [7, 11) is 0. The first-order valence-corrected chi connectivity index (χ1v) is 5.54. The zero-order valence-electron chi connectivity index (χ0n) is 9.69. The largest absolute Gasteiger partial charge is 0.336 e. The Kier molecular flexibility index (Phi) is 5.12. The van der Waals surface area contributed by atoms with E-state index in [1.165, 1.54) is 0 Å². The standard InChI is InChI=1S/C12H21N3/c1-4-5-11(2)12(3)14-7-9-15-8-6-13-10-15/h4,6,8,10-12,14H,1,5,7,9H2,2-3H3. The molecule has 0 fully saturated rings. The van der Waals surface area contributed by atoms with Crippen molar-refractivity contribution in [2.45, 2.75) is 32.9 Å². The Labute approximate surface area is 92.2 Å². The summed E-state index contributed by atoms with van der Waals surface area (Å²) in [4.78, 5) is 4.01. The van der Waals surface area contributed by atoms with E-state index in [4.69, 9.17) is 0 Å². The van der Waals surface area contributed by atoms with Crippen LogP contribution in [-0.4, -0.2) is 22.1 Å². The second-order valence-corrected chi connectivity index (χ2v) is 4.04. The molecule has 1 heterocycles. The molecule has 0 saturated carbocycles. The van der Waals surface area contributed by atoms with E-state index in [1.807, 2.05) is 24.8 Å². The third-order valence-electron chi connectivity index (χ3n) is 2.79. The van der Waals surface area contributed by atoms with Gasteiger partial charge in [0.05, 0.1) is 6.33 Å². The van der Waals surface area contributed by atoms with Crippen LogP contribution in [0.3, 0.4) is 0 Å². The average Bonchev–Trinajstić information content (AvgIpc) is 2.71. The Hall–Kier alpha value is -1.09. The molecule has 3 nitrogen and oxygen atoms in total. The molecule has 3 heteroatoms. The number of hydrogen-bond donors (Lipinski definition) is 1.